The third kappa shape index (κ3) is 10.6. The molecule has 1 aromatic heterocycles. The van der Waals surface area contributed by atoms with Gasteiger partial charge in [-0.15, -0.1) is 0 Å². The van der Waals surface area contributed by atoms with Crippen molar-refractivity contribution >= 4 is 46.4 Å². The molecule has 1 unspecified atom stereocenters. The summed E-state index contributed by atoms with van der Waals surface area (Å²) in [6, 6.07) is 10.5. The van der Waals surface area contributed by atoms with Crippen LogP contribution in [0.3, 0.4) is 0 Å². The number of likely N-dealkylation sites (tertiary alicyclic amines) is 1. The van der Waals surface area contributed by atoms with Gasteiger partial charge in [-0.05, 0) is 36.5 Å². The summed E-state index contributed by atoms with van der Waals surface area (Å²) in [6.07, 6.45) is 0.0879. The number of halogens is 1. The summed E-state index contributed by atoms with van der Waals surface area (Å²) in [4.78, 5) is 82.3. The van der Waals surface area contributed by atoms with Gasteiger partial charge >= 0.3 is 5.97 Å². The van der Waals surface area contributed by atoms with Crippen molar-refractivity contribution in [2.75, 3.05) is 13.1 Å². The average Bonchev–Trinajstić information content (AvgIpc) is 3.69. The van der Waals surface area contributed by atoms with Crippen LogP contribution in [0.2, 0.25) is 0 Å². The number of nitrogens with zero attached hydrogens (tertiary/aromatic N) is 1. The van der Waals surface area contributed by atoms with Gasteiger partial charge in [-0.25, -0.2) is 9.18 Å². The molecule has 1 saturated heterocycles. The number of carboxylic acid groups (broad SMARTS) is 1. The number of carbonyl (C=O) groups excluding carboxylic acids is 5. The van der Waals surface area contributed by atoms with E-state index in [1.165, 1.54) is 6.92 Å². The number of fused-ring (bicyclic) bond motifs is 1. The van der Waals surface area contributed by atoms with Gasteiger partial charge in [-0.3, -0.25) is 24.0 Å². The number of alkyl halides is 1. The molecule has 15 heteroatoms. The third-order valence-corrected chi connectivity index (χ3v) is 8.64. The van der Waals surface area contributed by atoms with Crippen LogP contribution < -0.4 is 27.0 Å². The van der Waals surface area contributed by atoms with E-state index in [0.29, 0.717) is 5.56 Å². The zero-order chi connectivity index (χ0) is 37.2. The van der Waals surface area contributed by atoms with E-state index in [1.807, 2.05) is 38.1 Å². The van der Waals surface area contributed by atoms with E-state index < -0.39 is 85.0 Å². The summed E-state index contributed by atoms with van der Waals surface area (Å²) in [7, 11) is 0. The van der Waals surface area contributed by atoms with Gasteiger partial charge in [0.05, 0.1) is 19.1 Å². The highest BCUT2D eigenvalue weighted by atomic mass is 19.1. The molecule has 8 N–H and O–H groups in total. The van der Waals surface area contributed by atoms with Crippen molar-refractivity contribution in [3.63, 3.8) is 0 Å². The minimum absolute atomic E-state index is 0.00786. The van der Waals surface area contributed by atoms with Crippen molar-refractivity contribution in [2.45, 2.75) is 82.8 Å². The molecule has 3 aromatic rings. The number of carboxylic acids is 1. The number of carbonyl (C=O) groups is 6. The van der Waals surface area contributed by atoms with E-state index in [2.05, 4.69) is 26.3 Å². The van der Waals surface area contributed by atoms with Gasteiger partial charge in [0.2, 0.25) is 29.5 Å². The van der Waals surface area contributed by atoms with E-state index >= 15 is 0 Å². The van der Waals surface area contributed by atoms with Crippen LogP contribution in [-0.4, -0.2) is 100.0 Å². The predicted molar refractivity (Wildman–Crippen MR) is 187 cm³/mol. The van der Waals surface area contributed by atoms with Crippen molar-refractivity contribution in [1.82, 2.24) is 31.2 Å². The van der Waals surface area contributed by atoms with Gasteiger partial charge in [-0.1, -0.05) is 62.4 Å². The summed E-state index contributed by atoms with van der Waals surface area (Å²) >= 11 is 0. The Labute approximate surface area is 295 Å². The Morgan fingerprint density at radius 3 is 2.24 bits per heavy atom. The third-order valence-electron chi connectivity index (χ3n) is 8.64. The number of hydrogen-bond acceptors (Lipinski definition) is 7. The van der Waals surface area contributed by atoms with Crippen LogP contribution in [0.4, 0.5) is 4.39 Å². The molecule has 1 fully saturated rings. The maximum Gasteiger partial charge on any atom is 0.326 e. The lowest BCUT2D eigenvalue weighted by molar-refractivity contribution is -0.142. The molecule has 0 spiro atoms. The SMILES string of the molecule is CC(C)C[C@H](NC(=O)[C@H](Cc1c[nH]c2ccccc12)NC(=O)CNC(=O)[C@@H]1CC(F)CN1C(=O)[C@H](Cc1ccccc1)NC(=O)[C@H](C)N)C(=O)O. The first-order valence-corrected chi connectivity index (χ1v) is 16.9. The molecular weight excluding hydrogens is 661 g/mol. The van der Waals surface area contributed by atoms with Crippen LogP contribution >= 0.6 is 0 Å². The van der Waals surface area contributed by atoms with E-state index in [-0.39, 0.29) is 31.6 Å². The smallest absolute Gasteiger partial charge is 0.326 e. The van der Waals surface area contributed by atoms with Crippen molar-refractivity contribution in [3.8, 4) is 0 Å². The van der Waals surface area contributed by atoms with Crippen LogP contribution in [0, 0.1) is 5.92 Å². The second kappa shape index (κ2) is 17.6. The van der Waals surface area contributed by atoms with Gasteiger partial charge in [-0.2, -0.15) is 0 Å². The fourth-order valence-electron chi connectivity index (χ4n) is 6.06. The predicted octanol–water partition coefficient (Wildman–Crippen LogP) is 0.941. The average molecular weight is 708 g/mol. The Balaban J connectivity index is 1.46. The Bertz CT molecular complexity index is 1710. The van der Waals surface area contributed by atoms with Crippen LogP contribution in [0.5, 0.6) is 0 Å². The summed E-state index contributed by atoms with van der Waals surface area (Å²) in [5, 5.41) is 20.7. The van der Waals surface area contributed by atoms with E-state index in [0.717, 1.165) is 21.4 Å². The lowest BCUT2D eigenvalue weighted by atomic mass is 10.0. The van der Waals surface area contributed by atoms with Crippen molar-refractivity contribution in [1.29, 1.82) is 0 Å². The van der Waals surface area contributed by atoms with Crippen molar-refractivity contribution in [2.24, 2.45) is 11.7 Å². The molecule has 51 heavy (non-hydrogen) atoms. The molecule has 6 atom stereocenters. The lowest BCUT2D eigenvalue weighted by Crippen LogP contribution is -2.57. The Hall–Kier alpha value is -5.31. The van der Waals surface area contributed by atoms with Gasteiger partial charge in [0, 0.05) is 36.4 Å². The molecule has 2 aromatic carbocycles. The summed E-state index contributed by atoms with van der Waals surface area (Å²) < 4.78 is 14.8. The monoisotopic (exact) mass is 707 g/mol. The normalized spacial score (nSPS) is 18.0. The topological polar surface area (TPSA) is 216 Å². The van der Waals surface area contributed by atoms with Crippen LogP contribution in [0.15, 0.2) is 60.8 Å². The van der Waals surface area contributed by atoms with Gasteiger partial charge in [0.1, 0.15) is 30.3 Å². The first kappa shape index (κ1) is 38.5. The van der Waals surface area contributed by atoms with E-state index in [9.17, 15) is 38.3 Å². The number of para-hydroxylation sites is 1. The Kier molecular flexibility index (Phi) is 13.3. The first-order chi connectivity index (χ1) is 24.2. The maximum atomic E-state index is 14.8. The summed E-state index contributed by atoms with van der Waals surface area (Å²) in [5.41, 5.74) is 7.94. The zero-order valence-corrected chi connectivity index (χ0v) is 28.9. The summed E-state index contributed by atoms with van der Waals surface area (Å²) in [6.45, 7) is 4.09. The second-order valence-corrected chi connectivity index (χ2v) is 13.3. The molecule has 274 valence electrons. The van der Waals surface area contributed by atoms with Gasteiger partial charge in [0.15, 0.2) is 0 Å². The molecule has 0 radical (unpaired) electrons. The fourth-order valence-corrected chi connectivity index (χ4v) is 6.06. The maximum absolute atomic E-state index is 14.8. The highest BCUT2D eigenvalue weighted by Gasteiger charge is 2.42. The van der Waals surface area contributed by atoms with Crippen LogP contribution in [0.25, 0.3) is 10.9 Å². The molecular formula is C36H46FN7O7. The molecule has 0 bridgehead atoms. The number of H-pyrrole nitrogens is 1. The standard InChI is InChI=1S/C36H46FN7O7/c1-20(2)13-29(36(50)51)43-33(47)27(15-23-17-39-26-12-8-7-11-25(23)26)41-31(45)18-40-34(48)30-16-24(37)19-44(30)35(49)28(42-32(46)21(3)38)14-22-9-5-4-6-10-22/h4-12,17,20-21,24,27-30,39H,13-16,18-19,38H2,1-3H3,(H,40,48)(H,41,45)(H,42,46)(H,43,47)(H,50,51)/t21-,24?,27-,28-,29-,30-/m0/s1. The molecule has 4 rings (SSSR count). The number of benzene rings is 2. The minimum atomic E-state index is -1.53. The summed E-state index contributed by atoms with van der Waals surface area (Å²) in [5.74, 6) is -4.81. The van der Waals surface area contributed by atoms with E-state index in [4.69, 9.17) is 5.73 Å². The Morgan fingerprint density at radius 1 is 0.902 bits per heavy atom. The molecule has 0 aliphatic carbocycles. The minimum Gasteiger partial charge on any atom is -0.480 e. The first-order valence-electron chi connectivity index (χ1n) is 16.9. The molecule has 0 saturated carbocycles. The van der Waals surface area contributed by atoms with Gasteiger partial charge < -0.3 is 42.0 Å². The van der Waals surface area contributed by atoms with Crippen molar-refractivity contribution in [3.05, 3.63) is 71.9 Å². The number of aromatic amines is 1. The number of amides is 5. The molecule has 2 heterocycles. The number of aromatic nitrogens is 1. The number of nitrogens with two attached hydrogens (primary N) is 1. The highest BCUT2D eigenvalue weighted by molar-refractivity contribution is 5.96. The van der Waals surface area contributed by atoms with Crippen LogP contribution in [-0.2, 0) is 41.6 Å². The fraction of sp³-hybridized carbons (Fsp3) is 0.444. The highest BCUT2D eigenvalue weighted by Crippen LogP contribution is 2.23. The Morgan fingerprint density at radius 2 is 1.57 bits per heavy atom. The number of nitrogens with one attached hydrogen (secondary N) is 5. The largest absolute Gasteiger partial charge is 0.480 e. The van der Waals surface area contributed by atoms with Crippen LogP contribution in [0.1, 0.15) is 44.7 Å². The number of rotatable bonds is 16. The van der Waals surface area contributed by atoms with Gasteiger partial charge in [0.25, 0.3) is 0 Å². The quantitative estimate of drug-likeness (QED) is 0.113. The molecule has 1 aliphatic rings. The molecule has 14 nitrogen and oxygen atoms in total. The van der Waals surface area contributed by atoms with Crippen molar-refractivity contribution < 1.29 is 38.3 Å². The molecule has 5 amide bonds. The number of hydrogen-bond donors (Lipinski definition) is 7. The molecule has 1 aliphatic heterocycles. The van der Waals surface area contributed by atoms with E-state index in [1.54, 1.807) is 36.5 Å². The zero-order valence-electron chi connectivity index (χ0n) is 28.9. The number of aliphatic carboxylic acids is 1. The second-order valence-electron chi connectivity index (χ2n) is 13.3. The lowest BCUT2D eigenvalue weighted by Gasteiger charge is -2.29.